The van der Waals surface area contributed by atoms with Gasteiger partial charge >= 0.3 is 17.9 Å². The van der Waals surface area contributed by atoms with Gasteiger partial charge in [0, 0.05) is 0 Å². The van der Waals surface area contributed by atoms with E-state index in [9.17, 15) is 9.59 Å². The summed E-state index contributed by atoms with van der Waals surface area (Å²) in [5.74, 6) is -1.96. The molecule has 0 unspecified atom stereocenters. The molecule has 0 bridgehead atoms. The SMILES string of the molecule is C=C(OOC(=O)c1ccccc1)OOC(=O)c1ccccc1. The smallest absolute Gasteiger partial charge is 0.243 e. The molecular weight excluding hydrogens is 288 g/mol. The number of benzene rings is 2. The van der Waals surface area contributed by atoms with Crippen LogP contribution in [0, 0.1) is 0 Å². The Kier molecular flexibility index (Phi) is 5.15. The lowest BCUT2D eigenvalue weighted by molar-refractivity contribution is -0.317. The standard InChI is InChI=1S/C16H12O6/c1-12(19-21-15(17)13-8-4-2-5-9-13)20-22-16(18)14-10-6-3-7-11-14/h2-11H,1H2. The van der Waals surface area contributed by atoms with Crippen LogP contribution in [0.2, 0.25) is 0 Å². The molecule has 112 valence electrons. The lowest BCUT2D eigenvalue weighted by atomic mass is 10.2. The zero-order valence-electron chi connectivity index (χ0n) is 11.4. The normalized spacial score (nSPS) is 9.45. The fraction of sp³-hybridized carbons (Fsp3) is 0. The second kappa shape index (κ2) is 7.49. The third-order valence-electron chi connectivity index (χ3n) is 2.44. The highest BCUT2D eigenvalue weighted by molar-refractivity contribution is 5.89. The molecule has 0 saturated carbocycles. The van der Waals surface area contributed by atoms with E-state index in [-0.39, 0.29) is 11.1 Å². The molecule has 0 atom stereocenters. The summed E-state index contributed by atoms with van der Waals surface area (Å²) < 4.78 is 0. The lowest BCUT2D eigenvalue weighted by Gasteiger charge is -2.06. The van der Waals surface area contributed by atoms with Gasteiger partial charge in [-0.3, -0.25) is 0 Å². The van der Waals surface area contributed by atoms with Gasteiger partial charge in [0.05, 0.1) is 11.1 Å². The van der Waals surface area contributed by atoms with E-state index in [4.69, 9.17) is 0 Å². The molecular formula is C16H12O6. The van der Waals surface area contributed by atoms with Crippen molar-refractivity contribution in [1.29, 1.82) is 0 Å². The molecule has 6 heteroatoms. The van der Waals surface area contributed by atoms with E-state index < -0.39 is 17.9 Å². The van der Waals surface area contributed by atoms with Gasteiger partial charge in [0.25, 0.3) is 0 Å². The average Bonchev–Trinajstić information content (AvgIpc) is 2.59. The largest absolute Gasteiger partial charge is 0.386 e. The highest BCUT2D eigenvalue weighted by Gasteiger charge is 2.12. The molecule has 0 fully saturated rings. The summed E-state index contributed by atoms with van der Waals surface area (Å²) in [7, 11) is 0. The van der Waals surface area contributed by atoms with E-state index in [1.165, 1.54) is 0 Å². The van der Waals surface area contributed by atoms with Gasteiger partial charge in [-0.15, -0.1) is 0 Å². The van der Waals surface area contributed by atoms with Crippen LogP contribution < -0.4 is 0 Å². The lowest BCUT2D eigenvalue weighted by Crippen LogP contribution is -2.10. The molecule has 0 radical (unpaired) electrons. The molecule has 2 rings (SSSR count). The molecule has 0 aliphatic carbocycles. The maximum Gasteiger partial charge on any atom is 0.386 e. The first-order chi connectivity index (χ1) is 10.7. The van der Waals surface area contributed by atoms with Crippen molar-refractivity contribution >= 4 is 11.9 Å². The van der Waals surface area contributed by atoms with Gasteiger partial charge in [-0.1, -0.05) is 36.4 Å². The van der Waals surface area contributed by atoms with Crippen LogP contribution in [0.5, 0.6) is 0 Å². The third kappa shape index (κ3) is 4.38. The van der Waals surface area contributed by atoms with Gasteiger partial charge in [-0.2, -0.15) is 0 Å². The minimum Gasteiger partial charge on any atom is -0.243 e. The van der Waals surface area contributed by atoms with Crippen LogP contribution in [0.1, 0.15) is 20.7 Å². The first-order valence-corrected chi connectivity index (χ1v) is 6.23. The van der Waals surface area contributed by atoms with E-state index in [0.717, 1.165) is 0 Å². The Hall–Kier alpha value is -3.28. The molecule has 0 spiro atoms. The van der Waals surface area contributed by atoms with Crippen molar-refractivity contribution in [1.82, 2.24) is 0 Å². The van der Waals surface area contributed by atoms with Gasteiger partial charge in [0.1, 0.15) is 0 Å². The van der Waals surface area contributed by atoms with Gasteiger partial charge in [-0.05, 0) is 30.8 Å². The average molecular weight is 300 g/mol. The first kappa shape index (κ1) is 15.1. The molecule has 2 aromatic rings. The predicted octanol–water partition coefficient (Wildman–Crippen LogP) is 3.03. The summed E-state index contributed by atoms with van der Waals surface area (Å²) in [5, 5.41) is 0. The van der Waals surface area contributed by atoms with Gasteiger partial charge in [0.2, 0.25) is 0 Å². The Morgan fingerprint density at radius 3 is 1.36 bits per heavy atom. The highest BCUT2D eigenvalue weighted by Crippen LogP contribution is 2.07. The van der Waals surface area contributed by atoms with Crippen molar-refractivity contribution in [3.05, 3.63) is 84.3 Å². The van der Waals surface area contributed by atoms with E-state index in [1.54, 1.807) is 60.7 Å². The van der Waals surface area contributed by atoms with Gasteiger partial charge < -0.3 is 0 Å². The van der Waals surface area contributed by atoms with Crippen LogP contribution in [0.25, 0.3) is 0 Å². The zero-order valence-corrected chi connectivity index (χ0v) is 11.4. The molecule has 6 nitrogen and oxygen atoms in total. The van der Waals surface area contributed by atoms with Crippen LogP contribution in [-0.4, -0.2) is 11.9 Å². The van der Waals surface area contributed by atoms with E-state index >= 15 is 0 Å². The Morgan fingerprint density at radius 2 is 1.00 bits per heavy atom. The Morgan fingerprint density at radius 1 is 0.636 bits per heavy atom. The summed E-state index contributed by atoms with van der Waals surface area (Å²) >= 11 is 0. The maximum absolute atomic E-state index is 11.6. The fourth-order valence-corrected chi connectivity index (χ4v) is 1.43. The molecule has 0 heterocycles. The Bertz CT molecular complexity index is 593. The predicted molar refractivity (Wildman–Crippen MR) is 75.0 cm³/mol. The third-order valence-corrected chi connectivity index (χ3v) is 2.44. The molecule has 0 amide bonds. The van der Waals surface area contributed by atoms with E-state index in [0.29, 0.717) is 0 Å². The fourth-order valence-electron chi connectivity index (χ4n) is 1.43. The van der Waals surface area contributed by atoms with Crippen LogP contribution in [0.4, 0.5) is 0 Å². The van der Waals surface area contributed by atoms with Crippen molar-refractivity contribution in [2.75, 3.05) is 0 Å². The minimum absolute atomic E-state index is 0.289. The molecule has 0 N–H and O–H groups in total. The highest BCUT2D eigenvalue weighted by atomic mass is 17.3. The minimum atomic E-state index is -0.736. The number of hydrogen-bond donors (Lipinski definition) is 0. The monoisotopic (exact) mass is 300 g/mol. The van der Waals surface area contributed by atoms with Gasteiger partial charge in [-0.25, -0.2) is 29.1 Å². The van der Waals surface area contributed by atoms with Crippen LogP contribution in [-0.2, 0) is 19.6 Å². The first-order valence-electron chi connectivity index (χ1n) is 6.23. The number of hydrogen-bond acceptors (Lipinski definition) is 6. The summed E-state index contributed by atoms with van der Waals surface area (Å²) in [4.78, 5) is 41.1. The molecule has 22 heavy (non-hydrogen) atoms. The Labute approximate surface area is 126 Å². The number of carbonyl (C=O) groups is 2. The molecule has 0 aromatic heterocycles. The van der Waals surface area contributed by atoms with Crippen molar-refractivity contribution in [3.8, 4) is 0 Å². The molecule has 0 saturated heterocycles. The van der Waals surface area contributed by atoms with E-state index in [1.807, 2.05) is 0 Å². The van der Waals surface area contributed by atoms with Gasteiger partial charge in [0.15, 0.2) is 0 Å². The van der Waals surface area contributed by atoms with Crippen LogP contribution >= 0.6 is 0 Å². The topological polar surface area (TPSA) is 71.1 Å². The van der Waals surface area contributed by atoms with Crippen molar-refractivity contribution in [2.24, 2.45) is 0 Å². The second-order valence-corrected chi connectivity index (χ2v) is 4.01. The quantitative estimate of drug-likeness (QED) is 0.464. The van der Waals surface area contributed by atoms with E-state index in [2.05, 4.69) is 26.1 Å². The van der Waals surface area contributed by atoms with Crippen LogP contribution in [0.3, 0.4) is 0 Å². The number of rotatable bonds is 6. The summed E-state index contributed by atoms with van der Waals surface area (Å²) in [6, 6.07) is 16.4. The van der Waals surface area contributed by atoms with Crippen molar-refractivity contribution in [2.45, 2.75) is 0 Å². The Balaban J connectivity index is 1.74. The van der Waals surface area contributed by atoms with Crippen molar-refractivity contribution in [3.63, 3.8) is 0 Å². The maximum atomic E-state index is 11.6. The van der Waals surface area contributed by atoms with Crippen molar-refractivity contribution < 1.29 is 29.1 Å². The molecule has 0 aliphatic rings. The van der Waals surface area contributed by atoms with Crippen LogP contribution in [0.15, 0.2) is 73.2 Å². The molecule has 0 aliphatic heterocycles. The number of carbonyl (C=O) groups excluding carboxylic acids is 2. The second-order valence-electron chi connectivity index (χ2n) is 4.01. The zero-order chi connectivity index (χ0) is 15.8. The molecule has 2 aromatic carbocycles. The summed E-state index contributed by atoms with van der Waals surface area (Å²) in [6.07, 6.45) is 0. The summed E-state index contributed by atoms with van der Waals surface area (Å²) in [5.41, 5.74) is 0.577. The summed E-state index contributed by atoms with van der Waals surface area (Å²) in [6.45, 7) is 3.29.